The Labute approximate surface area is 185 Å². The van der Waals surface area contributed by atoms with E-state index in [1.807, 2.05) is 0 Å². The Kier molecular flexibility index (Phi) is 6.88. The van der Waals surface area contributed by atoms with Crippen LogP contribution in [-0.4, -0.2) is 39.7 Å². The molecular weight excluding hydrogens is 427 g/mol. The summed E-state index contributed by atoms with van der Waals surface area (Å²) >= 11 is 0. The molecule has 1 aliphatic heterocycles. The molecule has 0 saturated carbocycles. The molecule has 6 heteroatoms. The molecule has 4 nitrogen and oxygen atoms in total. The normalized spacial score (nSPS) is 19.9. The van der Waals surface area contributed by atoms with Gasteiger partial charge < -0.3 is 0 Å². The molecule has 0 spiro atoms. The van der Waals surface area contributed by atoms with Crippen LogP contribution in [0.15, 0.2) is 91.0 Å². The standard InChI is InChI=1S/C25H29O4PS/c1-31(26,27)28-19-21-17-18-22(29-21)20-30(23-11-5-2-6-12-23,24-13-7-3-8-14-24)25-15-9-4-10-16-25/h2-16,21-22,30H,17-20H2,1H3/t21-,22+/m0/s1. The maximum absolute atomic E-state index is 11.4. The molecule has 4 rings (SSSR count). The van der Waals surface area contributed by atoms with E-state index in [2.05, 4.69) is 91.0 Å². The van der Waals surface area contributed by atoms with Gasteiger partial charge in [0.1, 0.15) is 0 Å². The van der Waals surface area contributed by atoms with Crippen molar-refractivity contribution < 1.29 is 17.3 Å². The number of ether oxygens (including phenoxy) is 1. The topological polar surface area (TPSA) is 52.6 Å². The monoisotopic (exact) mass is 456 g/mol. The molecule has 0 aromatic heterocycles. The van der Waals surface area contributed by atoms with Crippen LogP contribution in [0.25, 0.3) is 0 Å². The molecule has 1 aliphatic rings. The summed E-state index contributed by atoms with van der Waals surface area (Å²) in [6.45, 7) is 0.0892. The van der Waals surface area contributed by atoms with Crippen LogP contribution in [0.3, 0.4) is 0 Å². The molecule has 1 fully saturated rings. The summed E-state index contributed by atoms with van der Waals surface area (Å²) in [6, 6.07) is 32.3. The third-order valence-corrected chi connectivity index (χ3v) is 11.6. The van der Waals surface area contributed by atoms with Crippen LogP contribution in [0, 0.1) is 0 Å². The first kappa shape index (κ1) is 22.2. The van der Waals surface area contributed by atoms with Crippen molar-refractivity contribution in [2.45, 2.75) is 25.0 Å². The molecule has 0 aliphatic carbocycles. The second kappa shape index (κ2) is 9.62. The quantitative estimate of drug-likeness (QED) is 0.386. The second-order valence-corrected chi connectivity index (χ2v) is 13.7. The van der Waals surface area contributed by atoms with Crippen LogP contribution in [0.1, 0.15) is 12.8 Å². The summed E-state index contributed by atoms with van der Waals surface area (Å²) in [6.07, 6.45) is 3.56. The number of benzene rings is 3. The number of hydrogen-bond acceptors (Lipinski definition) is 4. The van der Waals surface area contributed by atoms with Crippen molar-refractivity contribution in [2.75, 3.05) is 19.0 Å². The Morgan fingerprint density at radius 1 is 0.774 bits per heavy atom. The van der Waals surface area contributed by atoms with Gasteiger partial charge in [-0.05, 0) is 0 Å². The molecule has 31 heavy (non-hydrogen) atoms. The minimum atomic E-state index is -3.46. The van der Waals surface area contributed by atoms with E-state index in [1.54, 1.807) is 0 Å². The van der Waals surface area contributed by atoms with Gasteiger partial charge in [-0.15, -0.1) is 0 Å². The van der Waals surface area contributed by atoms with Crippen molar-refractivity contribution in [3.8, 4) is 0 Å². The van der Waals surface area contributed by atoms with E-state index in [0.717, 1.165) is 25.3 Å². The van der Waals surface area contributed by atoms with E-state index in [-0.39, 0.29) is 18.8 Å². The molecular formula is C25H29O4PS. The van der Waals surface area contributed by atoms with Gasteiger partial charge in [0.2, 0.25) is 0 Å². The van der Waals surface area contributed by atoms with Gasteiger partial charge in [0.15, 0.2) is 0 Å². The van der Waals surface area contributed by atoms with E-state index in [1.165, 1.54) is 15.9 Å². The summed E-state index contributed by atoms with van der Waals surface area (Å²) in [4.78, 5) is 0. The van der Waals surface area contributed by atoms with Crippen LogP contribution in [0.2, 0.25) is 0 Å². The van der Waals surface area contributed by atoms with Gasteiger partial charge in [-0.25, -0.2) is 0 Å². The average Bonchev–Trinajstić information content (AvgIpc) is 3.25. The molecule has 0 bridgehead atoms. The van der Waals surface area contributed by atoms with E-state index >= 15 is 0 Å². The van der Waals surface area contributed by atoms with Gasteiger partial charge in [-0.2, -0.15) is 0 Å². The van der Waals surface area contributed by atoms with Crippen molar-refractivity contribution in [3.63, 3.8) is 0 Å². The number of rotatable bonds is 8. The van der Waals surface area contributed by atoms with Crippen LogP contribution >= 0.6 is 7.26 Å². The van der Waals surface area contributed by atoms with Gasteiger partial charge in [-0.3, -0.25) is 0 Å². The van der Waals surface area contributed by atoms with Crippen LogP contribution < -0.4 is 15.9 Å². The first-order valence-corrected chi connectivity index (χ1v) is 14.7. The van der Waals surface area contributed by atoms with Crippen molar-refractivity contribution >= 4 is 33.3 Å². The molecule has 2 atom stereocenters. The fourth-order valence-corrected chi connectivity index (χ4v) is 9.99. The SMILES string of the molecule is CS(=O)(=O)OC[C@@H]1CC[C@H](C[PH](c2ccccc2)(c2ccccc2)c2ccccc2)O1. The zero-order valence-corrected chi connectivity index (χ0v) is 19.5. The summed E-state index contributed by atoms with van der Waals surface area (Å²) < 4.78 is 34.1. The van der Waals surface area contributed by atoms with Crippen LogP contribution in [0.5, 0.6) is 0 Å². The van der Waals surface area contributed by atoms with E-state index in [4.69, 9.17) is 8.92 Å². The summed E-state index contributed by atoms with van der Waals surface area (Å²) in [5.41, 5.74) is 0. The Morgan fingerprint density at radius 2 is 1.19 bits per heavy atom. The van der Waals surface area contributed by atoms with Gasteiger partial charge in [0, 0.05) is 0 Å². The first-order chi connectivity index (χ1) is 15.0. The Balaban J connectivity index is 1.71. The third-order valence-electron chi connectivity index (χ3n) is 6.00. The van der Waals surface area contributed by atoms with Gasteiger partial charge >= 0.3 is 186 Å². The molecule has 0 unspecified atom stereocenters. The molecule has 164 valence electrons. The van der Waals surface area contributed by atoms with Gasteiger partial charge in [0.05, 0.1) is 0 Å². The summed E-state index contributed by atoms with van der Waals surface area (Å²) in [5, 5.41) is 4.06. The zero-order chi connectivity index (χ0) is 21.7. The Bertz CT molecular complexity index is 976. The summed E-state index contributed by atoms with van der Waals surface area (Å²) in [5.74, 6) is 0. The fourth-order valence-electron chi connectivity index (χ4n) is 4.62. The van der Waals surface area contributed by atoms with E-state index < -0.39 is 17.4 Å². The zero-order valence-electron chi connectivity index (χ0n) is 17.7. The Morgan fingerprint density at radius 3 is 1.61 bits per heavy atom. The van der Waals surface area contributed by atoms with E-state index in [0.29, 0.717) is 0 Å². The predicted molar refractivity (Wildman–Crippen MR) is 130 cm³/mol. The maximum atomic E-state index is 11.4. The van der Waals surface area contributed by atoms with Gasteiger partial charge in [0.25, 0.3) is 0 Å². The molecule has 3 aromatic rings. The third kappa shape index (κ3) is 5.24. The molecule has 0 N–H and O–H groups in total. The van der Waals surface area contributed by atoms with Crippen molar-refractivity contribution in [2.24, 2.45) is 0 Å². The molecule has 0 amide bonds. The van der Waals surface area contributed by atoms with E-state index in [9.17, 15) is 8.42 Å². The van der Waals surface area contributed by atoms with Crippen molar-refractivity contribution in [3.05, 3.63) is 91.0 Å². The van der Waals surface area contributed by atoms with Crippen LogP contribution in [0.4, 0.5) is 0 Å². The first-order valence-electron chi connectivity index (χ1n) is 10.6. The predicted octanol–water partition coefficient (Wildman–Crippen LogP) is 3.24. The second-order valence-electron chi connectivity index (χ2n) is 8.15. The van der Waals surface area contributed by atoms with Crippen molar-refractivity contribution in [1.29, 1.82) is 0 Å². The molecule has 1 heterocycles. The molecule has 0 radical (unpaired) electrons. The van der Waals surface area contributed by atoms with Crippen molar-refractivity contribution in [1.82, 2.24) is 0 Å². The Hall–Kier alpha value is -2.04. The number of hydrogen-bond donors (Lipinski definition) is 0. The average molecular weight is 457 g/mol. The molecule has 1 saturated heterocycles. The van der Waals surface area contributed by atoms with Crippen LogP contribution in [-0.2, 0) is 19.0 Å². The fraction of sp³-hybridized carbons (Fsp3) is 0.280. The minimum absolute atomic E-state index is 0.0560. The molecule has 3 aromatic carbocycles. The summed E-state index contributed by atoms with van der Waals surface area (Å²) in [7, 11) is -5.83. The van der Waals surface area contributed by atoms with Gasteiger partial charge in [-0.1, -0.05) is 0 Å².